The predicted molar refractivity (Wildman–Crippen MR) is 87.9 cm³/mol. The Morgan fingerprint density at radius 1 is 1.35 bits per heavy atom. The molecule has 0 bridgehead atoms. The van der Waals surface area contributed by atoms with Crippen LogP contribution in [0.4, 0.5) is 5.82 Å². The zero-order chi connectivity index (χ0) is 14.5. The molecule has 1 aromatic heterocycles. The summed E-state index contributed by atoms with van der Waals surface area (Å²) in [6.07, 6.45) is 8.38. The van der Waals surface area contributed by atoms with Crippen LogP contribution in [0.1, 0.15) is 46.0 Å². The van der Waals surface area contributed by atoms with Crippen molar-refractivity contribution in [3.05, 3.63) is 11.2 Å². The predicted octanol–water partition coefficient (Wildman–Crippen LogP) is 4.65. The Bertz CT molecular complexity index is 433. The van der Waals surface area contributed by atoms with Crippen molar-refractivity contribution in [1.29, 1.82) is 0 Å². The van der Waals surface area contributed by atoms with E-state index in [-0.39, 0.29) is 0 Å². The molecule has 112 valence electrons. The first-order chi connectivity index (χ1) is 9.60. The molecule has 1 heterocycles. The molecule has 1 saturated carbocycles. The highest BCUT2D eigenvalue weighted by molar-refractivity contribution is 7.98. The first kappa shape index (κ1) is 15.9. The van der Waals surface area contributed by atoms with Crippen LogP contribution < -0.4 is 4.90 Å². The molecule has 5 heteroatoms. The molecule has 0 amide bonds. The Balaban J connectivity index is 2.22. The smallest absolute Gasteiger partial charge is 0.190 e. The van der Waals surface area contributed by atoms with E-state index in [9.17, 15) is 0 Å². The monoisotopic (exact) mass is 313 g/mol. The molecule has 1 aliphatic carbocycles. The minimum atomic E-state index is 0.548. The summed E-state index contributed by atoms with van der Waals surface area (Å²) < 4.78 is 0. The fourth-order valence-corrected chi connectivity index (χ4v) is 3.32. The van der Waals surface area contributed by atoms with E-state index in [4.69, 9.17) is 11.6 Å². The van der Waals surface area contributed by atoms with Crippen LogP contribution in [0, 0.1) is 5.92 Å². The van der Waals surface area contributed by atoms with Gasteiger partial charge in [0.25, 0.3) is 0 Å². The molecular formula is C15H24ClN3S. The summed E-state index contributed by atoms with van der Waals surface area (Å²) in [5, 5.41) is 1.31. The quantitative estimate of drug-likeness (QED) is 0.434. The molecule has 1 fully saturated rings. The largest absolute Gasteiger partial charge is 0.353 e. The topological polar surface area (TPSA) is 29.0 Å². The third-order valence-electron chi connectivity index (χ3n) is 3.85. The number of hydrogen-bond acceptors (Lipinski definition) is 4. The lowest BCUT2D eigenvalue weighted by Crippen LogP contribution is -2.35. The average molecular weight is 314 g/mol. The summed E-state index contributed by atoms with van der Waals surface area (Å²) in [5.41, 5.74) is 0. The first-order valence-corrected chi connectivity index (χ1v) is 9.05. The van der Waals surface area contributed by atoms with Gasteiger partial charge in [0.2, 0.25) is 0 Å². The van der Waals surface area contributed by atoms with Crippen molar-refractivity contribution in [2.75, 3.05) is 17.7 Å². The minimum absolute atomic E-state index is 0.548. The van der Waals surface area contributed by atoms with Crippen molar-refractivity contribution in [2.24, 2.45) is 5.92 Å². The van der Waals surface area contributed by atoms with Crippen molar-refractivity contribution in [3.8, 4) is 0 Å². The minimum Gasteiger partial charge on any atom is -0.353 e. The van der Waals surface area contributed by atoms with Crippen molar-refractivity contribution in [3.63, 3.8) is 0 Å². The summed E-state index contributed by atoms with van der Waals surface area (Å²) in [6.45, 7) is 5.60. The number of anilines is 1. The van der Waals surface area contributed by atoms with Gasteiger partial charge < -0.3 is 4.90 Å². The van der Waals surface area contributed by atoms with E-state index in [0.717, 1.165) is 17.5 Å². The summed E-state index contributed by atoms with van der Waals surface area (Å²) in [6, 6.07) is 2.54. The molecule has 0 radical (unpaired) electrons. The van der Waals surface area contributed by atoms with Crippen LogP contribution in [0.2, 0.25) is 5.15 Å². The van der Waals surface area contributed by atoms with E-state index in [1.165, 1.54) is 32.1 Å². The molecule has 0 aliphatic heterocycles. The number of thioether (sulfide) groups is 1. The van der Waals surface area contributed by atoms with Gasteiger partial charge in [0.05, 0.1) is 0 Å². The fraction of sp³-hybridized carbons (Fsp3) is 0.733. The Kier molecular flexibility index (Phi) is 5.97. The molecule has 3 nitrogen and oxygen atoms in total. The van der Waals surface area contributed by atoms with E-state index in [0.29, 0.717) is 17.1 Å². The number of halogens is 1. The third-order valence-corrected chi connectivity index (χ3v) is 4.59. The summed E-state index contributed by atoms with van der Waals surface area (Å²) >= 11 is 7.70. The van der Waals surface area contributed by atoms with Crippen LogP contribution in [0.5, 0.6) is 0 Å². The van der Waals surface area contributed by atoms with Crippen LogP contribution in [-0.4, -0.2) is 28.8 Å². The van der Waals surface area contributed by atoms with Gasteiger partial charge in [0.1, 0.15) is 11.0 Å². The van der Waals surface area contributed by atoms with Crippen LogP contribution in [0.15, 0.2) is 11.2 Å². The highest BCUT2D eigenvalue weighted by atomic mass is 35.5. The molecule has 0 aromatic carbocycles. The molecule has 1 aromatic rings. The van der Waals surface area contributed by atoms with E-state index in [1.54, 1.807) is 11.8 Å². The first-order valence-electron chi connectivity index (χ1n) is 7.45. The molecular weight excluding hydrogens is 290 g/mol. The SMILES string of the molecule is CSc1nc(Cl)cc(N(CCC(C)C)C2CCCC2)n1. The second-order valence-electron chi connectivity index (χ2n) is 5.85. The maximum absolute atomic E-state index is 6.15. The van der Waals surface area contributed by atoms with E-state index in [1.807, 2.05) is 12.3 Å². The molecule has 2 rings (SSSR count). The van der Waals surface area contributed by atoms with Gasteiger partial charge in [-0.3, -0.25) is 0 Å². The number of rotatable bonds is 6. The van der Waals surface area contributed by atoms with Crippen LogP contribution in [0.3, 0.4) is 0 Å². The van der Waals surface area contributed by atoms with Crippen molar-refractivity contribution >= 4 is 29.2 Å². The van der Waals surface area contributed by atoms with E-state index in [2.05, 4.69) is 28.7 Å². The van der Waals surface area contributed by atoms with Crippen molar-refractivity contribution < 1.29 is 0 Å². The average Bonchev–Trinajstić information content (AvgIpc) is 2.92. The molecule has 0 unspecified atom stereocenters. The molecule has 0 atom stereocenters. The fourth-order valence-electron chi connectivity index (χ4n) is 2.72. The lowest BCUT2D eigenvalue weighted by atomic mass is 10.1. The standard InChI is InChI=1S/C15H24ClN3S/c1-11(2)8-9-19(12-6-4-5-7-12)14-10-13(16)17-15(18-14)20-3/h10-12H,4-9H2,1-3H3. The molecule has 20 heavy (non-hydrogen) atoms. The maximum atomic E-state index is 6.15. The van der Waals surface area contributed by atoms with Gasteiger partial charge in [-0.05, 0) is 31.4 Å². The van der Waals surface area contributed by atoms with Crippen molar-refractivity contribution in [2.45, 2.75) is 57.1 Å². The van der Waals surface area contributed by atoms with Gasteiger partial charge in [-0.2, -0.15) is 0 Å². The number of nitrogens with zero attached hydrogens (tertiary/aromatic N) is 3. The Hall–Kier alpha value is -0.480. The normalized spacial score (nSPS) is 16.1. The maximum Gasteiger partial charge on any atom is 0.190 e. The van der Waals surface area contributed by atoms with Crippen LogP contribution in [0.25, 0.3) is 0 Å². The summed E-state index contributed by atoms with van der Waals surface area (Å²) in [7, 11) is 0. The lowest BCUT2D eigenvalue weighted by Gasteiger charge is -2.31. The lowest BCUT2D eigenvalue weighted by molar-refractivity contribution is 0.523. The van der Waals surface area contributed by atoms with Gasteiger partial charge in [-0.15, -0.1) is 0 Å². The second-order valence-corrected chi connectivity index (χ2v) is 7.01. The van der Waals surface area contributed by atoms with E-state index < -0.39 is 0 Å². The Morgan fingerprint density at radius 2 is 2.05 bits per heavy atom. The Labute approximate surface area is 131 Å². The van der Waals surface area contributed by atoms with E-state index >= 15 is 0 Å². The van der Waals surface area contributed by atoms with Crippen molar-refractivity contribution in [1.82, 2.24) is 9.97 Å². The molecule has 0 N–H and O–H groups in total. The highest BCUT2D eigenvalue weighted by Crippen LogP contribution is 2.29. The zero-order valence-corrected chi connectivity index (χ0v) is 14.2. The number of aromatic nitrogens is 2. The van der Waals surface area contributed by atoms with Gasteiger partial charge in [0.15, 0.2) is 5.16 Å². The molecule has 1 aliphatic rings. The number of hydrogen-bond donors (Lipinski definition) is 0. The molecule has 0 saturated heterocycles. The van der Waals surface area contributed by atoms with Crippen LogP contribution >= 0.6 is 23.4 Å². The zero-order valence-electron chi connectivity index (χ0n) is 12.6. The highest BCUT2D eigenvalue weighted by Gasteiger charge is 2.24. The van der Waals surface area contributed by atoms with Gasteiger partial charge in [0, 0.05) is 18.7 Å². The van der Waals surface area contributed by atoms with Gasteiger partial charge in [-0.25, -0.2) is 9.97 Å². The summed E-state index contributed by atoms with van der Waals surface area (Å²) in [5.74, 6) is 1.71. The molecule has 0 spiro atoms. The van der Waals surface area contributed by atoms with Gasteiger partial charge >= 0.3 is 0 Å². The second kappa shape index (κ2) is 7.51. The summed E-state index contributed by atoms with van der Waals surface area (Å²) in [4.78, 5) is 11.4. The van der Waals surface area contributed by atoms with Crippen LogP contribution in [-0.2, 0) is 0 Å². The van der Waals surface area contributed by atoms with Gasteiger partial charge in [-0.1, -0.05) is 50.1 Å². The Morgan fingerprint density at radius 3 is 2.65 bits per heavy atom. The third kappa shape index (κ3) is 4.26.